The Kier molecular flexibility index (Phi) is 5.54. The van der Waals surface area contributed by atoms with Crippen molar-refractivity contribution in [3.8, 4) is 5.75 Å². The zero-order valence-electron chi connectivity index (χ0n) is 10.4. The summed E-state index contributed by atoms with van der Waals surface area (Å²) >= 11 is 12.3. The molecule has 0 aliphatic rings. The summed E-state index contributed by atoms with van der Waals surface area (Å²) in [5, 5.41) is -0.149. The van der Waals surface area contributed by atoms with Gasteiger partial charge in [-0.2, -0.15) is 0 Å². The fourth-order valence-electron chi connectivity index (χ4n) is 1.77. The van der Waals surface area contributed by atoms with Crippen molar-refractivity contribution in [2.75, 3.05) is 6.61 Å². The monoisotopic (exact) mass is 450 g/mol. The average Bonchev–Trinajstić information content (AvgIpc) is 2.41. The Morgan fingerprint density at radius 2 is 1.79 bits per heavy atom. The zero-order chi connectivity index (χ0) is 13.8. The minimum absolute atomic E-state index is 0.149. The molecule has 19 heavy (non-hydrogen) atoms. The number of hydrogen-bond donors (Lipinski definition) is 0. The fourth-order valence-corrected chi connectivity index (χ4v) is 2.92. The van der Waals surface area contributed by atoms with E-state index in [1.807, 2.05) is 25.1 Å². The van der Waals surface area contributed by atoms with Gasteiger partial charge in [0.05, 0.1) is 16.5 Å². The van der Waals surface area contributed by atoms with Gasteiger partial charge in [0.25, 0.3) is 0 Å². The topological polar surface area (TPSA) is 9.23 Å². The Morgan fingerprint density at radius 3 is 2.37 bits per heavy atom. The summed E-state index contributed by atoms with van der Waals surface area (Å²) in [6.45, 7) is 2.62. The second-order valence-corrected chi connectivity index (χ2v) is 6.57. The molecule has 0 fully saturated rings. The van der Waals surface area contributed by atoms with Gasteiger partial charge in [-0.1, -0.05) is 18.2 Å². The predicted octanol–water partition coefficient (Wildman–Crippen LogP) is 5.78. The molecule has 2 aromatic carbocycles. The SMILES string of the molecule is CCOc1ccc(C(Cl)c2ccc(I)cc2)cc1Br. The van der Waals surface area contributed by atoms with Crippen LogP contribution >= 0.6 is 50.1 Å². The lowest BCUT2D eigenvalue weighted by Crippen LogP contribution is -1.96. The first-order valence-electron chi connectivity index (χ1n) is 5.93. The third kappa shape index (κ3) is 3.86. The van der Waals surface area contributed by atoms with Crippen LogP contribution in [0.4, 0.5) is 0 Å². The first kappa shape index (κ1) is 15.1. The molecule has 100 valence electrons. The van der Waals surface area contributed by atoms with Gasteiger partial charge in [-0.15, -0.1) is 11.6 Å². The van der Waals surface area contributed by atoms with E-state index in [2.05, 4.69) is 62.8 Å². The van der Waals surface area contributed by atoms with Crippen LogP contribution in [0.15, 0.2) is 46.9 Å². The predicted molar refractivity (Wildman–Crippen MR) is 92.2 cm³/mol. The van der Waals surface area contributed by atoms with E-state index in [0.29, 0.717) is 6.61 Å². The van der Waals surface area contributed by atoms with Crippen molar-refractivity contribution in [2.45, 2.75) is 12.3 Å². The molecule has 0 aliphatic heterocycles. The molecule has 0 spiro atoms. The Morgan fingerprint density at radius 1 is 1.16 bits per heavy atom. The molecule has 2 rings (SSSR count). The Balaban J connectivity index is 2.26. The van der Waals surface area contributed by atoms with E-state index in [1.165, 1.54) is 3.57 Å². The molecular weight excluding hydrogens is 438 g/mol. The molecule has 1 atom stereocenters. The van der Waals surface area contributed by atoms with Gasteiger partial charge in [-0.25, -0.2) is 0 Å². The number of benzene rings is 2. The zero-order valence-corrected chi connectivity index (χ0v) is 14.9. The first-order valence-corrected chi connectivity index (χ1v) is 8.24. The second-order valence-electron chi connectivity index (χ2n) is 4.04. The van der Waals surface area contributed by atoms with Gasteiger partial charge in [0, 0.05) is 3.57 Å². The highest BCUT2D eigenvalue weighted by atomic mass is 127. The highest BCUT2D eigenvalue weighted by Crippen LogP contribution is 2.34. The number of rotatable bonds is 4. The first-order chi connectivity index (χ1) is 9.11. The van der Waals surface area contributed by atoms with Crippen molar-refractivity contribution >= 4 is 50.1 Å². The maximum atomic E-state index is 6.52. The number of ether oxygens (including phenoxy) is 1. The van der Waals surface area contributed by atoms with Gasteiger partial charge in [-0.05, 0) is 80.8 Å². The summed E-state index contributed by atoms with van der Waals surface area (Å²) in [5.74, 6) is 0.845. The molecule has 1 unspecified atom stereocenters. The third-order valence-electron chi connectivity index (χ3n) is 2.71. The van der Waals surface area contributed by atoms with Crippen LogP contribution in [0.2, 0.25) is 0 Å². The maximum absolute atomic E-state index is 6.52. The summed E-state index contributed by atoms with van der Waals surface area (Å²) in [7, 11) is 0. The van der Waals surface area contributed by atoms with Crippen LogP contribution in [-0.4, -0.2) is 6.61 Å². The van der Waals surface area contributed by atoms with Crippen LogP contribution in [0, 0.1) is 3.57 Å². The summed E-state index contributed by atoms with van der Waals surface area (Å²) in [4.78, 5) is 0. The van der Waals surface area contributed by atoms with E-state index in [0.717, 1.165) is 21.3 Å². The molecule has 0 saturated heterocycles. The normalized spacial score (nSPS) is 12.2. The van der Waals surface area contributed by atoms with Crippen LogP contribution in [-0.2, 0) is 0 Å². The van der Waals surface area contributed by atoms with E-state index in [1.54, 1.807) is 0 Å². The molecule has 0 aromatic heterocycles. The molecule has 0 bridgehead atoms. The molecular formula is C15H13BrClIO. The molecule has 0 amide bonds. The van der Waals surface area contributed by atoms with Gasteiger partial charge in [0.15, 0.2) is 0 Å². The summed E-state index contributed by atoms with van der Waals surface area (Å²) in [6, 6.07) is 14.2. The third-order valence-corrected chi connectivity index (χ3v) is 4.55. The lowest BCUT2D eigenvalue weighted by molar-refractivity contribution is 0.338. The van der Waals surface area contributed by atoms with Gasteiger partial charge in [0.1, 0.15) is 5.75 Å². The van der Waals surface area contributed by atoms with E-state index in [4.69, 9.17) is 16.3 Å². The average molecular weight is 452 g/mol. The van der Waals surface area contributed by atoms with Crippen molar-refractivity contribution in [1.29, 1.82) is 0 Å². The molecule has 2 aromatic rings. The van der Waals surface area contributed by atoms with E-state index in [-0.39, 0.29) is 5.38 Å². The highest BCUT2D eigenvalue weighted by Gasteiger charge is 2.12. The standard InChI is InChI=1S/C15H13BrClIO/c1-2-19-14-8-5-11(9-13(14)16)15(17)10-3-6-12(18)7-4-10/h3-9,15H,2H2,1H3. The van der Waals surface area contributed by atoms with Crippen LogP contribution in [0.25, 0.3) is 0 Å². The lowest BCUT2D eigenvalue weighted by atomic mass is 10.0. The van der Waals surface area contributed by atoms with Crippen LogP contribution < -0.4 is 4.74 Å². The molecule has 0 N–H and O–H groups in total. The van der Waals surface area contributed by atoms with Gasteiger partial charge in [-0.3, -0.25) is 0 Å². The number of hydrogen-bond acceptors (Lipinski definition) is 1. The Hall–Kier alpha value is -0.260. The van der Waals surface area contributed by atoms with Crippen molar-refractivity contribution in [3.05, 3.63) is 61.6 Å². The maximum Gasteiger partial charge on any atom is 0.133 e. The van der Waals surface area contributed by atoms with Gasteiger partial charge < -0.3 is 4.74 Å². The molecule has 0 aliphatic carbocycles. The number of halogens is 3. The second kappa shape index (κ2) is 6.95. The smallest absolute Gasteiger partial charge is 0.133 e. The Bertz CT molecular complexity index is 557. The minimum atomic E-state index is -0.149. The summed E-state index contributed by atoms with van der Waals surface area (Å²) in [5.41, 5.74) is 2.15. The summed E-state index contributed by atoms with van der Waals surface area (Å²) < 4.78 is 7.64. The van der Waals surface area contributed by atoms with Crippen molar-refractivity contribution in [3.63, 3.8) is 0 Å². The molecule has 0 heterocycles. The van der Waals surface area contributed by atoms with Crippen LogP contribution in [0.1, 0.15) is 23.4 Å². The van der Waals surface area contributed by atoms with Crippen molar-refractivity contribution in [2.24, 2.45) is 0 Å². The molecule has 1 nitrogen and oxygen atoms in total. The van der Waals surface area contributed by atoms with Crippen molar-refractivity contribution < 1.29 is 4.74 Å². The molecule has 0 saturated carbocycles. The number of alkyl halides is 1. The van der Waals surface area contributed by atoms with E-state index < -0.39 is 0 Å². The molecule has 0 radical (unpaired) electrons. The van der Waals surface area contributed by atoms with Crippen molar-refractivity contribution in [1.82, 2.24) is 0 Å². The Labute approximate surface area is 140 Å². The van der Waals surface area contributed by atoms with Crippen LogP contribution in [0.3, 0.4) is 0 Å². The largest absolute Gasteiger partial charge is 0.493 e. The van der Waals surface area contributed by atoms with Gasteiger partial charge in [0.2, 0.25) is 0 Å². The van der Waals surface area contributed by atoms with Gasteiger partial charge >= 0.3 is 0 Å². The molecule has 4 heteroatoms. The quantitative estimate of drug-likeness (QED) is 0.423. The van der Waals surface area contributed by atoms with Crippen LogP contribution in [0.5, 0.6) is 5.75 Å². The minimum Gasteiger partial charge on any atom is -0.493 e. The fraction of sp³-hybridized carbons (Fsp3) is 0.200. The summed E-state index contributed by atoms with van der Waals surface area (Å²) in [6.07, 6.45) is 0. The highest BCUT2D eigenvalue weighted by molar-refractivity contribution is 14.1. The van der Waals surface area contributed by atoms with E-state index in [9.17, 15) is 0 Å². The lowest BCUT2D eigenvalue weighted by Gasteiger charge is -2.13. The van der Waals surface area contributed by atoms with E-state index >= 15 is 0 Å².